The molecule has 0 atom stereocenters. The van der Waals surface area contributed by atoms with E-state index in [9.17, 15) is 24.5 Å². The van der Waals surface area contributed by atoms with E-state index in [-0.39, 0.29) is 27.1 Å². The quantitative estimate of drug-likeness (QED) is 0.392. The Bertz CT molecular complexity index is 937. The molecule has 0 radical (unpaired) electrons. The van der Waals surface area contributed by atoms with Gasteiger partial charge in [0.05, 0.1) is 15.0 Å². The lowest BCUT2D eigenvalue weighted by Crippen LogP contribution is -2.32. The zero-order chi connectivity index (χ0) is 20.7. The van der Waals surface area contributed by atoms with E-state index >= 15 is 0 Å². The van der Waals surface area contributed by atoms with Crippen LogP contribution in [0.5, 0.6) is 0 Å². The van der Waals surface area contributed by atoms with Crippen LogP contribution in [-0.4, -0.2) is 40.8 Å². The lowest BCUT2D eigenvalue weighted by Gasteiger charge is -2.08. The highest BCUT2D eigenvalue weighted by molar-refractivity contribution is 6.36. The average molecular weight is 427 g/mol. The molecule has 0 aliphatic carbocycles. The topological polar surface area (TPSA) is 141 Å². The van der Waals surface area contributed by atoms with Gasteiger partial charge in [0.15, 0.2) is 12.4 Å². The molecule has 0 aliphatic rings. The molecule has 2 amide bonds. The number of aromatic nitrogens is 1. The van der Waals surface area contributed by atoms with Crippen LogP contribution in [0.25, 0.3) is 0 Å². The smallest absolute Gasteiger partial charge is 0.325 e. The van der Waals surface area contributed by atoms with Gasteiger partial charge in [-0.3, -0.25) is 24.5 Å². The first-order valence-electron chi connectivity index (χ1n) is 7.55. The minimum Gasteiger partial charge on any atom is -0.454 e. The monoisotopic (exact) mass is 426 g/mol. The molecule has 1 heterocycles. The van der Waals surface area contributed by atoms with Crippen LogP contribution in [0.3, 0.4) is 0 Å². The lowest BCUT2D eigenvalue weighted by molar-refractivity contribution is -0.384. The van der Waals surface area contributed by atoms with Gasteiger partial charge < -0.3 is 15.4 Å². The van der Waals surface area contributed by atoms with Crippen LogP contribution < -0.4 is 10.6 Å². The maximum atomic E-state index is 11.9. The second kappa shape index (κ2) is 9.62. The van der Waals surface area contributed by atoms with Crippen molar-refractivity contribution in [3.63, 3.8) is 0 Å². The molecule has 146 valence electrons. The molecule has 0 aliphatic heterocycles. The maximum Gasteiger partial charge on any atom is 0.325 e. The zero-order valence-corrected chi connectivity index (χ0v) is 15.5. The summed E-state index contributed by atoms with van der Waals surface area (Å²) >= 11 is 11.5. The molecule has 2 aromatic rings. The number of nitro benzene ring substituents is 1. The molecule has 10 nitrogen and oxygen atoms in total. The van der Waals surface area contributed by atoms with Gasteiger partial charge in [0, 0.05) is 23.9 Å². The predicted octanol–water partition coefficient (Wildman–Crippen LogP) is 2.21. The number of rotatable bonds is 7. The van der Waals surface area contributed by atoms with Crippen LogP contribution in [0.15, 0.2) is 36.5 Å². The number of nitrogens with zero attached hydrogens (tertiary/aromatic N) is 2. The molecule has 1 aromatic heterocycles. The third kappa shape index (κ3) is 6.18. The molecule has 1 aromatic carbocycles. The van der Waals surface area contributed by atoms with Crippen molar-refractivity contribution < 1.29 is 24.0 Å². The minimum absolute atomic E-state index is 0.00296. The molecule has 0 fully saturated rings. The average Bonchev–Trinajstić information content (AvgIpc) is 2.66. The molecule has 0 saturated heterocycles. The number of nitrogens with one attached hydrogen (secondary N) is 2. The fourth-order valence-corrected chi connectivity index (χ4v) is 2.31. The Labute approximate surface area is 167 Å². The van der Waals surface area contributed by atoms with Crippen LogP contribution in [0, 0.1) is 10.1 Å². The second-order valence-corrected chi connectivity index (χ2v) is 6.03. The lowest BCUT2D eigenvalue weighted by atomic mass is 10.2. The number of hydrogen-bond donors (Lipinski definition) is 2. The summed E-state index contributed by atoms with van der Waals surface area (Å²) in [5.74, 6) is -2.24. The van der Waals surface area contributed by atoms with E-state index < -0.39 is 35.9 Å². The first-order valence-corrected chi connectivity index (χ1v) is 8.31. The minimum atomic E-state index is -0.885. The second-order valence-electron chi connectivity index (χ2n) is 5.18. The number of halogens is 2. The van der Waals surface area contributed by atoms with Gasteiger partial charge in [0.25, 0.3) is 17.5 Å². The summed E-state index contributed by atoms with van der Waals surface area (Å²) in [5, 5.41) is 15.7. The van der Waals surface area contributed by atoms with Crippen molar-refractivity contribution in [3.05, 3.63) is 62.3 Å². The molecular formula is C16H12Cl2N4O6. The Morgan fingerprint density at radius 1 is 1.21 bits per heavy atom. The number of pyridine rings is 1. The van der Waals surface area contributed by atoms with Gasteiger partial charge >= 0.3 is 5.97 Å². The van der Waals surface area contributed by atoms with Crippen molar-refractivity contribution in [1.29, 1.82) is 0 Å². The van der Waals surface area contributed by atoms with E-state index in [1.165, 1.54) is 30.5 Å². The number of anilines is 1. The first kappa shape index (κ1) is 21.1. The molecule has 0 unspecified atom stereocenters. The Kier molecular flexibility index (Phi) is 7.24. The van der Waals surface area contributed by atoms with Crippen molar-refractivity contribution in [2.45, 2.75) is 0 Å². The fourth-order valence-electron chi connectivity index (χ4n) is 1.89. The van der Waals surface area contributed by atoms with Gasteiger partial charge in [0.2, 0.25) is 0 Å². The van der Waals surface area contributed by atoms with Crippen molar-refractivity contribution in [2.24, 2.45) is 0 Å². The van der Waals surface area contributed by atoms with Crippen molar-refractivity contribution in [1.82, 2.24) is 10.3 Å². The summed E-state index contributed by atoms with van der Waals surface area (Å²) < 4.78 is 4.72. The van der Waals surface area contributed by atoms with Gasteiger partial charge in [0.1, 0.15) is 6.54 Å². The molecular weight excluding hydrogens is 415 g/mol. The van der Waals surface area contributed by atoms with Gasteiger partial charge in [-0.15, -0.1) is 0 Å². The molecule has 28 heavy (non-hydrogen) atoms. The van der Waals surface area contributed by atoms with Crippen LogP contribution in [-0.2, 0) is 14.3 Å². The zero-order valence-electron chi connectivity index (χ0n) is 14.0. The van der Waals surface area contributed by atoms with E-state index in [0.29, 0.717) is 0 Å². The van der Waals surface area contributed by atoms with E-state index in [1.807, 2.05) is 0 Å². The van der Waals surface area contributed by atoms with Gasteiger partial charge in [-0.25, -0.2) is 4.98 Å². The van der Waals surface area contributed by atoms with Crippen LogP contribution in [0.4, 0.5) is 11.5 Å². The number of ether oxygens (including phenoxy) is 1. The van der Waals surface area contributed by atoms with Crippen LogP contribution in [0.1, 0.15) is 10.4 Å². The number of nitro groups is 1. The Balaban J connectivity index is 1.79. The molecule has 0 saturated carbocycles. The predicted molar refractivity (Wildman–Crippen MR) is 99.3 cm³/mol. The Hall–Kier alpha value is -3.24. The first-order chi connectivity index (χ1) is 13.3. The normalized spacial score (nSPS) is 10.1. The summed E-state index contributed by atoms with van der Waals surface area (Å²) in [6.07, 6.45) is 1.28. The number of amides is 2. The highest BCUT2D eigenvalue weighted by Crippen LogP contribution is 2.22. The van der Waals surface area contributed by atoms with E-state index in [1.54, 1.807) is 0 Å². The molecule has 2 rings (SSSR count). The SMILES string of the molecule is O=C(COC(=O)CNC(=O)c1cccc([N+](=O)[O-])c1)Nc1ncc(Cl)cc1Cl. The number of esters is 1. The van der Waals surface area contributed by atoms with Crippen molar-refractivity contribution >= 4 is 52.5 Å². The highest BCUT2D eigenvalue weighted by atomic mass is 35.5. The number of non-ortho nitro benzene ring substituents is 1. The van der Waals surface area contributed by atoms with Crippen molar-refractivity contribution in [3.8, 4) is 0 Å². The van der Waals surface area contributed by atoms with Gasteiger partial charge in [-0.05, 0) is 12.1 Å². The Morgan fingerprint density at radius 2 is 1.96 bits per heavy atom. The number of carbonyl (C=O) groups excluding carboxylic acids is 3. The summed E-state index contributed by atoms with van der Waals surface area (Å²) in [6, 6.07) is 6.36. The Morgan fingerprint density at radius 3 is 2.64 bits per heavy atom. The number of hydrogen-bond acceptors (Lipinski definition) is 7. The molecule has 0 spiro atoms. The summed E-state index contributed by atoms with van der Waals surface area (Å²) in [7, 11) is 0. The molecule has 2 N–H and O–H groups in total. The standard InChI is InChI=1S/C16H12Cl2N4O6/c17-10-5-12(18)15(19-6-10)21-13(23)8-28-14(24)7-20-16(25)9-2-1-3-11(4-9)22(26)27/h1-6H,7-8H2,(H,20,25)(H,19,21,23). The number of carbonyl (C=O) groups is 3. The summed E-state index contributed by atoms with van der Waals surface area (Å²) in [6.45, 7) is -1.17. The van der Waals surface area contributed by atoms with E-state index in [4.69, 9.17) is 27.9 Å². The van der Waals surface area contributed by atoms with E-state index in [0.717, 1.165) is 6.07 Å². The largest absolute Gasteiger partial charge is 0.454 e. The number of benzene rings is 1. The summed E-state index contributed by atoms with van der Waals surface area (Å²) in [4.78, 5) is 49.2. The van der Waals surface area contributed by atoms with Crippen LogP contribution >= 0.6 is 23.2 Å². The third-order valence-electron chi connectivity index (χ3n) is 3.14. The summed E-state index contributed by atoms with van der Waals surface area (Å²) in [5.41, 5.74) is -0.260. The van der Waals surface area contributed by atoms with Gasteiger partial charge in [-0.1, -0.05) is 29.3 Å². The third-order valence-corrected chi connectivity index (χ3v) is 3.64. The van der Waals surface area contributed by atoms with Gasteiger partial charge in [-0.2, -0.15) is 0 Å². The van der Waals surface area contributed by atoms with Crippen molar-refractivity contribution in [2.75, 3.05) is 18.5 Å². The fraction of sp³-hybridized carbons (Fsp3) is 0.125. The van der Waals surface area contributed by atoms with E-state index in [2.05, 4.69) is 15.6 Å². The maximum absolute atomic E-state index is 11.9. The highest BCUT2D eigenvalue weighted by Gasteiger charge is 2.14. The molecule has 0 bridgehead atoms. The van der Waals surface area contributed by atoms with Crippen LogP contribution in [0.2, 0.25) is 10.0 Å². The molecule has 12 heteroatoms.